The summed E-state index contributed by atoms with van der Waals surface area (Å²) < 4.78 is 0. The summed E-state index contributed by atoms with van der Waals surface area (Å²) in [5, 5.41) is 9.80. The van der Waals surface area contributed by atoms with Crippen LogP contribution in [0.15, 0.2) is 243 Å². The van der Waals surface area contributed by atoms with Gasteiger partial charge in [-0.25, -0.2) is 0 Å². The normalized spacial score (nSPS) is 12.6. The molecule has 0 amide bonds. The van der Waals surface area contributed by atoms with Gasteiger partial charge in [-0.3, -0.25) is 0 Å². The zero-order valence-electron chi connectivity index (χ0n) is 40.5. The van der Waals surface area contributed by atoms with Crippen LogP contribution < -0.4 is 9.80 Å². The monoisotopic (exact) mass is 908 g/mol. The van der Waals surface area contributed by atoms with Crippen molar-refractivity contribution in [1.29, 1.82) is 0 Å². The van der Waals surface area contributed by atoms with Crippen LogP contribution in [0.25, 0.3) is 76.5 Å². The fourth-order valence-electron chi connectivity index (χ4n) is 11.7. The molecule has 0 bridgehead atoms. The van der Waals surface area contributed by atoms with Gasteiger partial charge in [-0.1, -0.05) is 219 Å². The summed E-state index contributed by atoms with van der Waals surface area (Å²) in [7, 11) is 0. The van der Waals surface area contributed by atoms with Gasteiger partial charge in [-0.05, 0) is 128 Å². The largest absolute Gasteiger partial charge is 0.309 e. The Morgan fingerprint density at radius 3 is 0.887 bits per heavy atom. The third kappa shape index (κ3) is 6.85. The van der Waals surface area contributed by atoms with Crippen molar-refractivity contribution in [1.82, 2.24) is 0 Å². The van der Waals surface area contributed by atoms with Crippen molar-refractivity contribution in [3.63, 3.8) is 0 Å². The molecule has 1 aliphatic rings. The minimum atomic E-state index is -0.322. The van der Waals surface area contributed by atoms with E-state index in [1.54, 1.807) is 0 Å². The summed E-state index contributed by atoms with van der Waals surface area (Å²) in [6.45, 7) is 9.16. The van der Waals surface area contributed by atoms with Crippen LogP contribution in [0.2, 0.25) is 0 Å². The third-order valence-corrected chi connectivity index (χ3v) is 15.1. The first-order chi connectivity index (χ1) is 34.8. The van der Waals surface area contributed by atoms with E-state index >= 15 is 0 Å². The quantitative estimate of drug-likeness (QED) is 0.140. The molecule has 2 heteroatoms. The van der Waals surface area contributed by atoms with Crippen LogP contribution in [-0.4, -0.2) is 0 Å². The Morgan fingerprint density at radius 2 is 0.563 bits per heavy atom. The Bertz CT molecular complexity index is 3640. The van der Waals surface area contributed by atoms with Gasteiger partial charge >= 0.3 is 0 Å². The summed E-state index contributed by atoms with van der Waals surface area (Å²) in [6.07, 6.45) is 0. The van der Waals surface area contributed by atoms with Gasteiger partial charge in [-0.2, -0.15) is 0 Å². The van der Waals surface area contributed by atoms with Crippen molar-refractivity contribution >= 4 is 77.2 Å². The van der Waals surface area contributed by atoms with Crippen LogP contribution in [0.4, 0.5) is 34.1 Å². The van der Waals surface area contributed by atoms with E-state index in [1.165, 1.54) is 110 Å². The standard InChI is InChI=1S/C69H52N2/c1-45-31-35-49(36-32-45)70(67-59-27-15-11-23-55(59)65(47-19-7-5-8-20-47)56-24-12-16-28-60(56)67)51-39-41-53-54-42-40-52(44-64(54)69(3,4)63(53)43-51)71(50-37-33-46(2)34-38-50)68-61-29-17-13-25-57(61)66(48-21-9-6-10-22-48)58-26-14-18-30-62(58)68/h5-44H,1-4H3. The lowest BCUT2D eigenvalue weighted by Gasteiger charge is -2.31. The maximum Gasteiger partial charge on any atom is 0.0618 e. The Morgan fingerprint density at radius 1 is 0.282 bits per heavy atom. The van der Waals surface area contributed by atoms with E-state index < -0.39 is 0 Å². The Labute approximate surface area is 416 Å². The molecule has 0 saturated heterocycles. The number of benzene rings is 12. The molecule has 71 heavy (non-hydrogen) atoms. The highest BCUT2D eigenvalue weighted by Gasteiger charge is 2.37. The second-order valence-corrected chi connectivity index (χ2v) is 19.8. The summed E-state index contributed by atoms with van der Waals surface area (Å²) >= 11 is 0. The van der Waals surface area contributed by atoms with Gasteiger partial charge < -0.3 is 9.80 Å². The summed E-state index contributed by atoms with van der Waals surface area (Å²) in [6, 6.07) is 90.1. The first-order valence-electron chi connectivity index (χ1n) is 24.8. The smallest absolute Gasteiger partial charge is 0.0618 e. The van der Waals surface area contributed by atoms with E-state index in [0.29, 0.717) is 0 Å². The highest BCUT2D eigenvalue weighted by atomic mass is 15.2. The van der Waals surface area contributed by atoms with Gasteiger partial charge in [0.25, 0.3) is 0 Å². The van der Waals surface area contributed by atoms with Gasteiger partial charge in [-0.15, -0.1) is 0 Å². The summed E-state index contributed by atoms with van der Waals surface area (Å²) in [4.78, 5) is 5.02. The molecule has 12 aromatic rings. The maximum absolute atomic E-state index is 2.51. The molecule has 1 aliphatic carbocycles. The SMILES string of the molecule is Cc1ccc(N(c2ccc3c(c2)C(C)(C)c2cc(N(c4ccc(C)cc4)c4c5ccccc5c(-c5ccccc5)c5ccccc45)ccc2-3)c2c3ccccc3c(-c3ccccc3)c3ccccc23)cc1. The van der Waals surface area contributed by atoms with Gasteiger partial charge in [0.05, 0.1) is 11.4 Å². The minimum Gasteiger partial charge on any atom is -0.309 e. The molecule has 0 spiro atoms. The van der Waals surface area contributed by atoms with Crippen LogP contribution in [-0.2, 0) is 5.41 Å². The third-order valence-electron chi connectivity index (χ3n) is 15.1. The molecule has 0 atom stereocenters. The zero-order valence-corrected chi connectivity index (χ0v) is 40.5. The van der Waals surface area contributed by atoms with Gasteiger partial charge in [0.15, 0.2) is 0 Å². The van der Waals surface area contributed by atoms with E-state index in [4.69, 9.17) is 0 Å². The molecule has 0 saturated carbocycles. The fraction of sp³-hybridized carbons (Fsp3) is 0.0725. The van der Waals surface area contributed by atoms with E-state index in [-0.39, 0.29) is 5.41 Å². The van der Waals surface area contributed by atoms with E-state index in [2.05, 4.69) is 280 Å². The van der Waals surface area contributed by atoms with Crippen LogP contribution in [0.3, 0.4) is 0 Å². The molecule has 0 heterocycles. The first-order valence-corrected chi connectivity index (χ1v) is 24.8. The average molecular weight is 909 g/mol. The molecule has 0 aliphatic heterocycles. The highest BCUT2D eigenvalue weighted by molar-refractivity contribution is 6.24. The van der Waals surface area contributed by atoms with Crippen LogP contribution in [0, 0.1) is 13.8 Å². The molecular formula is C69H52N2. The van der Waals surface area contributed by atoms with Gasteiger partial charge in [0, 0.05) is 49.7 Å². The second kappa shape index (κ2) is 16.8. The van der Waals surface area contributed by atoms with Crippen molar-refractivity contribution in [2.45, 2.75) is 33.1 Å². The van der Waals surface area contributed by atoms with Crippen molar-refractivity contribution < 1.29 is 0 Å². The predicted molar refractivity (Wildman–Crippen MR) is 304 cm³/mol. The summed E-state index contributed by atoms with van der Waals surface area (Å²) in [5.41, 5.74) is 19.2. The molecule has 0 fully saturated rings. The molecule has 338 valence electrons. The van der Waals surface area contributed by atoms with E-state index in [0.717, 1.165) is 22.7 Å². The summed E-state index contributed by atoms with van der Waals surface area (Å²) in [5.74, 6) is 0. The molecule has 0 unspecified atom stereocenters. The van der Waals surface area contributed by atoms with Crippen molar-refractivity contribution in [2.24, 2.45) is 0 Å². The molecule has 12 aromatic carbocycles. The molecule has 0 radical (unpaired) electrons. The fourth-order valence-corrected chi connectivity index (χ4v) is 11.7. The lowest BCUT2D eigenvalue weighted by molar-refractivity contribution is 0.660. The van der Waals surface area contributed by atoms with Crippen molar-refractivity contribution in [2.75, 3.05) is 9.80 Å². The first kappa shape index (κ1) is 42.4. The average Bonchev–Trinajstić information content (AvgIpc) is 3.64. The van der Waals surface area contributed by atoms with Gasteiger partial charge in [0.1, 0.15) is 0 Å². The van der Waals surface area contributed by atoms with Crippen molar-refractivity contribution in [3.8, 4) is 33.4 Å². The second-order valence-electron chi connectivity index (χ2n) is 19.8. The topological polar surface area (TPSA) is 6.48 Å². The van der Waals surface area contributed by atoms with E-state index in [1.807, 2.05) is 0 Å². The molecule has 2 nitrogen and oxygen atoms in total. The highest BCUT2D eigenvalue weighted by Crippen LogP contribution is 2.55. The number of nitrogens with zero attached hydrogens (tertiary/aromatic N) is 2. The molecule has 13 rings (SSSR count). The maximum atomic E-state index is 2.51. The van der Waals surface area contributed by atoms with Crippen molar-refractivity contribution in [3.05, 3.63) is 265 Å². The number of anilines is 6. The number of aryl methyl sites for hydroxylation is 2. The Kier molecular flexibility index (Phi) is 10.0. The molecule has 0 aromatic heterocycles. The number of rotatable bonds is 8. The van der Waals surface area contributed by atoms with Crippen LogP contribution in [0.5, 0.6) is 0 Å². The predicted octanol–water partition coefficient (Wildman–Crippen LogP) is 19.5. The number of hydrogen-bond acceptors (Lipinski definition) is 2. The Balaban J connectivity index is 1.01. The Hall–Kier alpha value is -8.72. The number of fused-ring (bicyclic) bond motifs is 7. The zero-order chi connectivity index (χ0) is 47.8. The molecule has 0 N–H and O–H groups in total. The molecular weight excluding hydrogens is 857 g/mol. The minimum absolute atomic E-state index is 0.322. The van der Waals surface area contributed by atoms with Gasteiger partial charge in [0.2, 0.25) is 0 Å². The lowest BCUT2D eigenvalue weighted by atomic mass is 9.82. The van der Waals surface area contributed by atoms with Crippen LogP contribution >= 0.6 is 0 Å². The number of hydrogen-bond donors (Lipinski definition) is 0. The lowest BCUT2D eigenvalue weighted by Crippen LogP contribution is -2.18. The van der Waals surface area contributed by atoms with E-state index in [9.17, 15) is 0 Å². The van der Waals surface area contributed by atoms with Crippen LogP contribution in [0.1, 0.15) is 36.1 Å².